The van der Waals surface area contributed by atoms with Gasteiger partial charge >= 0.3 is 0 Å². The summed E-state index contributed by atoms with van der Waals surface area (Å²) < 4.78 is 4.99. The summed E-state index contributed by atoms with van der Waals surface area (Å²) in [6.07, 6.45) is 4.92. The predicted octanol–water partition coefficient (Wildman–Crippen LogP) is 11.6. The largest absolute Gasteiger partial charge is 0.295 e. The average molecular weight is 998 g/mol. The molecular formula is C77H31N3. The van der Waals surface area contributed by atoms with Gasteiger partial charge in [-0.2, -0.15) is 5.26 Å². The maximum absolute atomic E-state index is 9.46. The van der Waals surface area contributed by atoms with Crippen molar-refractivity contribution in [3.05, 3.63) is 192 Å². The van der Waals surface area contributed by atoms with Crippen LogP contribution < -0.4 is 0 Å². The van der Waals surface area contributed by atoms with E-state index in [1.54, 1.807) is 6.92 Å². The predicted molar refractivity (Wildman–Crippen MR) is 322 cm³/mol. The van der Waals surface area contributed by atoms with E-state index in [0.717, 1.165) is 16.8 Å². The second kappa shape index (κ2) is 24.2. The van der Waals surface area contributed by atoms with E-state index in [4.69, 9.17) is 6.42 Å². The van der Waals surface area contributed by atoms with E-state index in [2.05, 4.69) is 339 Å². The fourth-order valence-corrected chi connectivity index (χ4v) is 9.96. The first-order valence-corrected chi connectivity index (χ1v) is 24.6. The summed E-state index contributed by atoms with van der Waals surface area (Å²) in [6.45, 7) is 1.69. The van der Waals surface area contributed by atoms with Crippen LogP contribution in [0.5, 0.6) is 0 Å². The van der Waals surface area contributed by atoms with Gasteiger partial charge in [-0.05, 0) is 189 Å². The highest BCUT2D eigenvalue weighted by molar-refractivity contribution is 6.24. The van der Waals surface area contributed by atoms with E-state index in [1.165, 1.54) is 71.9 Å². The van der Waals surface area contributed by atoms with E-state index in [-0.39, 0.29) is 0 Å². The summed E-state index contributed by atoms with van der Waals surface area (Å²) in [5, 5.41) is 13.3. The third-order valence-corrected chi connectivity index (χ3v) is 12.8. The third-order valence-electron chi connectivity index (χ3n) is 12.8. The van der Waals surface area contributed by atoms with E-state index in [9.17, 15) is 5.26 Å². The first kappa shape index (κ1) is 50.3. The molecule has 0 saturated carbocycles. The van der Waals surface area contributed by atoms with Crippen LogP contribution in [0.1, 0.15) is 34.7 Å². The lowest BCUT2D eigenvalue weighted by molar-refractivity contribution is 0.747. The summed E-state index contributed by atoms with van der Waals surface area (Å²) in [6, 6.07) is 61.7. The second-order valence-electron chi connectivity index (χ2n) is 17.0. The zero-order valence-corrected chi connectivity index (χ0v) is 42.5. The zero-order chi connectivity index (χ0) is 54.8. The number of fused-ring (bicyclic) bond motifs is 14. The molecule has 1 aliphatic heterocycles. The number of benzene rings is 7. The molecule has 1 atom stereocenters. The van der Waals surface area contributed by atoms with Crippen molar-refractivity contribution in [2.75, 3.05) is 0 Å². The van der Waals surface area contributed by atoms with Crippen LogP contribution in [0.25, 0.3) is 66.5 Å². The molecule has 2 aliphatic rings. The standard InChI is InChI=1S/C46H27N3.C31H4/c47-28-29-21-23-30(24-22-29)31-25-26-34-33-13-4-6-16-37(33)46(40(34)27-31)38-17-7-9-20-42(38)49-44-36(15-10-18-39(44)46)43-35-14-5-8-19-41(35)48(45(43)49)32-11-2-1-3-12-32;1-3-5-7-9-11-13-15-17-19-21-23-25-27-29-31-30-28-26-24-22-20-18-16-14-12-10-8-6-4-2/h1-27H;1H,2H3. The molecule has 7 aromatic carbocycles. The van der Waals surface area contributed by atoms with Gasteiger partial charge in [0.25, 0.3) is 0 Å². The molecule has 3 nitrogen and oxygen atoms in total. The van der Waals surface area contributed by atoms with Gasteiger partial charge < -0.3 is 0 Å². The number of para-hydroxylation sites is 4. The average Bonchev–Trinajstić information content (AvgIpc) is 4.18. The molecule has 0 fully saturated rings. The minimum Gasteiger partial charge on any atom is -0.295 e. The van der Waals surface area contributed by atoms with Gasteiger partial charge in [0.2, 0.25) is 0 Å². The maximum Gasteiger partial charge on any atom is 0.131 e. The first-order valence-electron chi connectivity index (χ1n) is 24.6. The number of hydrogen-bond acceptors (Lipinski definition) is 1. The van der Waals surface area contributed by atoms with E-state index in [0.29, 0.717) is 5.56 Å². The molecule has 0 bridgehead atoms. The number of nitrogens with zero attached hydrogens (tertiary/aromatic N) is 3. The van der Waals surface area contributed by atoms with Gasteiger partial charge in [-0.3, -0.25) is 9.13 Å². The summed E-state index contributed by atoms with van der Waals surface area (Å²) in [5.74, 6) is 71.9. The number of hydrogen-bond donors (Lipinski definition) is 0. The van der Waals surface area contributed by atoms with Gasteiger partial charge in [0.15, 0.2) is 0 Å². The van der Waals surface area contributed by atoms with Gasteiger partial charge in [-0.15, -0.1) is 6.42 Å². The van der Waals surface area contributed by atoms with Crippen molar-refractivity contribution in [2.45, 2.75) is 12.3 Å². The molecule has 354 valence electrons. The van der Waals surface area contributed by atoms with Crippen molar-refractivity contribution in [3.8, 4) is 218 Å². The third kappa shape index (κ3) is 9.94. The van der Waals surface area contributed by atoms with Gasteiger partial charge in [-0.1, -0.05) is 127 Å². The normalized spacial score (nSPS) is 10.9. The van der Waals surface area contributed by atoms with Crippen LogP contribution in [0.3, 0.4) is 0 Å². The molecule has 0 amide bonds. The maximum atomic E-state index is 9.46. The fourth-order valence-electron chi connectivity index (χ4n) is 9.96. The Labute approximate surface area is 466 Å². The van der Waals surface area contributed by atoms with Gasteiger partial charge in [0.1, 0.15) is 5.65 Å². The number of nitriles is 1. The van der Waals surface area contributed by atoms with Crippen molar-refractivity contribution in [3.63, 3.8) is 0 Å². The molecule has 3 heterocycles. The quantitative estimate of drug-likeness (QED) is 0.159. The van der Waals surface area contributed by atoms with E-state index < -0.39 is 5.41 Å². The second-order valence-corrected chi connectivity index (χ2v) is 17.0. The molecule has 1 spiro atoms. The monoisotopic (exact) mass is 997 g/mol. The fraction of sp³-hybridized carbons (Fsp3) is 0.0260. The van der Waals surface area contributed by atoms with Crippen LogP contribution in [-0.4, -0.2) is 9.13 Å². The van der Waals surface area contributed by atoms with Gasteiger partial charge in [0, 0.05) is 92.9 Å². The van der Waals surface area contributed by atoms with E-state index >= 15 is 0 Å². The van der Waals surface area contributed by atoms with Crippen LogP contribution in [0.4, 0.5) is 0 Å². The van der Waals surface area contributed by atoms with Crippen LogP contribution in [0.15, 0.2) is 164 Å². The lowest BCUT2D eigenvalue weighted by atomic mass is 9.65. The lowest BCUT2D eigenvalue weighted by Gasteiger charge is -2.39. The molecular weight excluding hydrogens is 967 g/mol. The molecule has 0 N–H and O–H groups in total. The number of aromatic nitrogens is 2. The zero-order valence-electron chi connectivity index (χ0n) is 42.5. The van der Waals surface area contributed by atoms with Crippen molar-refractivity contribution in [1.82, 2.24) is 9.13 Å². The Morgan fingerprint density at radius 2 is 0.863 bits per heavy atom. The molecule has 1 unspecified atom stereocenters. The highest BCUT2D eigenvalue weighted by atomic mass is 15.1. The van der Waals surface area contributed by atoms with Crippen molar-refractivity contribution < 1.29 is 0 Å². The van der Waals surface area contributed by atoms with E-state index in [1.807, 2.05) is 12.1 Å². The highest BCUT2D eigenvalue weighted by Crippen LogP contribution is 2.61. The van der Waals surface area contributed by atoms with Crippen molar-refractivity contribution >= 4 is 32.8 Å². The first-order chi connectivity index (χ1) is 39.7. The Balaban J connectivity index is 0.000000204. The summed E-state index contributed by atoms with van der Waals surface area (Å²) in [7, 11) is 0. The molecule has 2 aromatic heterocycles. The van der Waals surface area contributed by atoms with Crippen molar-refractivity contribution in [1.29, 1.82) is 5.26 Å². The summed E-state index contributed by atoms with van der Waals surface area (Å²) >= 11 is 0. The van der Waals surface area contributed by atoms with Crippen LogP contribution in [-0.2, 0) is 5.41 Å². The number of rotatable bonds is 2. The summed E-state index contributed by atoms with van der Waals surface area (Å²) in [5.41, 5.74) is 16.1. The Hall–Kier alpha value is -13.2. The Morgan fingerprint density at radius 3 is 1.45 bits per heavy atom. The van der Waals surface area contributed by atoms with Crippen LogP contribution in [0.2, 0.25) is 0 Å². The molecule has 0 saturated heterocycles. The molecule has 9 aromatic rings. The smallest absolute Gasteiger partial charge is 0.131 e. The Morgan fingerprint density at radius 1 is 0.388 bits per heavy atom. The Kier molecular flexibility index (Phi) is 15.2. The van der Waals surface area contributed by atoms with Gasteiger partial charge in [-0.25, -0.2) is 0 Å². The van der Waals surface area contributed by atoms with Crippen molar-refractivity contribution in [2.24, 2.45) is 0 Å². The minimum absolute atomic E-state index is 0.524. The van der Waals surface area contributed by atoms with Gasteiger partial charge in [0.05, 0.1) is 33.8 Å². The number of terminal acetylenes is 1. The topological polar surface area (TPSA) is 33.6 Å². The Bertz CT molecular complexity index is 5180. The molecule has 1 aliphatic carbocycles. The molecule has 0 radical (unpaired) electrons. The SMILES string of the molecule is C#CC#CC#CC#CC#CC#CC#CC#CC#CC#CC#CC#CC#CC#CC#CC.N#Cc1ccc(-c2ccc3c(c2)C2(c4ccccc4-3)c3ccccc3-n3c4c2cccc4c2c4ccccc4n(-c4ccccc4)c23)cc1. The molecule has 3 heteroatoms. The van der Waals surface area contributed by atoms with Crippen LogP contribution >= 0.6 is 0 Å². The summed E-state index contributed by atoms with van der Waals surface area (Å²) in [4.78, 5) is 0. The molecule has 11 rings (SSSR count). The lowest BCUT2D eigenvalue weighted by Crippen LogP contribution is -2.33. The minimum atomic E-state index is -0.524. The molecule has 80 heavy (non-hydrogen) atoms. The van der Waals surface area contributed by atoms with Crippen LogP contribution in [0, 0.1) is 189 Å². The highest BCUT2D eigenvalue weighted by Gasteiger charge is 2.51.